The van der Waals surface area contributed by atoms with Crippen LogP contribution in [0, 0.1) is 24.0 Å². The van der Waals surface area contributed by atoms with E-state index < -0.39 is 4.92 Å². The lowest BCUT2D eigenvalue weighted by Gasteiger charge is -2.15. The number of rotatable bonds is 4. The molecular weight excluding hydrogens is 280 g/mol. The summed E-state index contributed by atoms with van der Waals surface area (Å²) in [5.41, 5.74) is 1.36. The summed E-state index contributed by atoms with van der Waals surface area (Å²) in [6, 6.07) is 6.25. The second-order valence-electron chi connectivity index (χ2n) is 4.65. The van der Waals surface area contributed by atoms with E-state index in [4.69, 9.17) is 16.0 Å². The van der Waals surface area contributed by atoms with Crippen molar-refractivity contribution < 1.29 is 9.34 Å². The van der Waals surface area contributed by atoms with Gasteiger partial charge in [-0.15, -0.1) is 0 Å². The van der Waals surface area contributed by atoms with Gasteiger partial charge in [-0.3, -0.25) is 10.1 Å². The predicted octanol–water partition coefficient (Wildman–Crippen LogP) is 4.63. The summed E-state index contributed by atoms with van der Waals surface area (Å²) in [7, 11) is 0. The molecule has 1 heterocycles. The highest BCUT2D eigenvalue weighted by Crippen LogP contribution is 2.32. The Kier molecular flexibility index (Phi) is 3.99. The smallest absolute Gasteiger partial charge is 0.292 e. The van der Waals surface area contributed by atoms with Gasteiger partial charge in [0.05, 0.1) is 11.0 Å². The molecule has 0 aliphatic rings. The van der Waals surface area contributed by atoms with Crippen molar-refractivity contribution in [2.45, 2.75) is 26.8 Å². The fourth-order valence-electron chi connectivity index (χ4n) is 2.17. The number of halogens is 1. The van der Waals surface area contributed by atoms with E-state index in [1.807, 2.05) is 26.8 Å². The second-order valence-corrected chi connectivity index (χ2v) is 5.09. The Morgan fingerprint density at radius 1 is 1.35 bits per heavy atom. The molecule has 2 rings (SSSR count). The highest BCUT2D eigenvalue weighted by molar-refractivity contribution is 6.31. The van der Waals surface area contributed by atoms with Gasteiger partial charge in [-0.1, -0.05) is 11.6 Å². The van der Waals surface area contributed by atoms with Gasteiger partial charge >= 0.3 is 0 Å². The summed E-state index contributed by atoms with van der Waals surface area (Å²) in [6.07, 6.45) is 0. The van der Waals surface area contributed by atoms with Crippen LogP contribution in [-0.2, 0) is 0 Å². The Bertz CT molecular complexity index is 652. The van der Waals surface area contributed by atoms with Crippen molar-refractivity contribution in [2.75, 3.05) is 5.32 Å². The van der Waals surface area contributed by atoms with E-state index in [1.165, 1.54) is 12.1 Å². The Balaban J connectivity index is 2.32. The SMILES string of the molecule is Cc1cc(C(C)Nc2cc(Cl)ccc2[N+](=O)[O-])c(C)o1. The summed E-state index contributed by atoms with van der Waals surface area (Å²) >= 11 is 5.91. The zero-order chi connectivity index (χ0) is 14.9. The monoisotopic (exact) mass is 294 g/mol. The summed E-state index contributed by atoms with van der Waals surface area (Å²) in [5, 5.41) is 14.6. The topological polar surface area (TPSA) is 68.3 Å². The maximum absolute atomic E-state index is 11.0. The first-order valence-corrected chi connectivity index (χ1v) is 6.53. The number of hydrogen-bond acceptors (Lipinski definition) is 4. The van der Waals surface area contributed by atoms with Crippen molar-refractivity contribution in [1.82, 2.24) is 0 Å². The number of nitro groups is 1. The lowest BCUT2D eigenvalue weighted by Crippen LogP contribution is -2.08. The molecule has 0 aliphatic heterocycles. The largest absolute Gasteiger partial charge is 0.466 e. The minimum Gasteiger partial charge on any atom is -0.466 e. The first-order chi connectivity index (χ1) is 9.38. The van der Waals surface area contributed by atoms with Crippen LogP contribution in [0.3, 0.4) is 0 Å². The number of hydrogen-bond donors (Lipinski definition) is 1. The molecule has 6 heteroatoms. The van der Waals surface area contributed by atoms with Gasteiger partial charge < -0.3 is 9.73 Å². The Hall–Kier alpha value is -2.01. The first-order valence-electron chi connectivity index (χ1n) is 6.16. The molecule has 106 valence electrons. The molecule has 20 heavy (non-hydrogen) atoms. The van der Waals surface area contributed by atoms with E-state index in [9.17, 15) is 10.1 Å². The molecule has 0 saturated heterocycles. The number of benzene rings is 1. The van der Waals surface area contributed by atoms with Gasteiger partial charge in [0.25, 0.3) is 5.69 Å². The maximum atomic E-state index is 11.0. The Morgan fingerprint density at radius 3 is 2.60 bits per heavy atom. The van der Waals surface area contributed by atoms with E-state index in [1.54, 1.807) is 6.07 Å². The summed E-state index contributed by atoms with van der Waals surface area (Å²) in [5.74, 6) is 1.61. The summed E-state index contributed by atoms with van der Waals surface area (Å²) < 4.78 is 5.47. The second kappa shape index (κ2) is 5.54. The van der Waals surface area contributed by atoms with Crippen molar-refractivity contribution in [1.29, 1.82) is 0 Å². The van der Waals surface area contributed by atoms with Crippen molar-refractivity contribution in [3.63, 3.8) is 0 Å². The molecule has 1 aromatic heterocycles. The van der Waals surface area contributed by atoms with Crippen molar-refractivity contribution >= 4 is 23.0 Å². The zero-order valence-electron chi connectivity index (χ0n) is 11.4. The Labute approximate surface area is 121 Å². The number of aryl methyl sites for hydroxylation is 2. The quantitative estimate of drug-likeness (QED) is 0.659. The van der Waals surface area contributed by atoms with E-state index in [-0.39, 0.29) is 11.7 Å². The van der Waals surface area contributed by atoms with Crippen molar-refractivity contribution in [3.8, 4) is 0 Å². The molecule has 1 unspecified atom stereocenters. The van der Waals surface area contributed by atoms with Gasteiger partial charge in [0.2, 0.25) is 0 Å². The number of nitrogens with zero attached hydrogens (tertiary/aromatic N) is 1. The fourth-order valence-corrected chi connectivity index (χ4v) is 2.35. The third-order valence-electron chi connectivity index (χ3n) is 3.07. The van der Waals surface area contributed by atoms with Crippen LogP contribution in [0.1, 0.15) is 30.0 Å². The molecule has 0 saturated carbocycles. The van der Waals surface area contributed by atoms with Gasteiger partial charge in [-0.05, 0) is 39.0 Å². The highest BCUT2D eigenvalue weighted by Gasteiger charge is 2.18. The molecule has 0 bridgehead atoms. The average molecular weight is 295 g/mol. The lowest BCUT2D eigenvalue weighted by molar-refractivity contribution is -0.384. The molecular formula is C14H15ClN2O3. The van der Waals surface area contributed by atoms with Gasteiger partial charge in [-0.2, -0.15) is 0 Å². The summed E-state index contributed by atoms with van der Waals surface area (Å²) in [6.45, 7) is 5.65. The summed E-state index contributed by atoms with van der Waals surface area (Å²) in [4.78, 5) is 10.6. The van der Waals surface area contributed by atoms with Gasteiger partial charge in [0.1, 0.15) is 17.2 Å². The normalized spacial score (nSPS) is 12.2. The third kappa shape index (κ3) is 2.93. The molecule has 2 aromatic rings. The van der Waals surface area contributed by atoms with Crippen LogP contribution in [0.15, 0.2) is 28.7 Å². The number of furan rings is 1. The van der Waals surface area contributed by atoms with E-state index in [0.29, 0.717) is 10.7 Å². The van der Waals surface area contributed by atoms with E-state index in [0.717, 1.165) is 17.1 Å². The fraction of sp³-hybridized carbons (Fsp3) is 0.286. The molecule has 0 radical (unpaired) electrons. The number of nitro benzene ring substituents is 1. The average Bonchev–Trinajstić information content (AvgIpc) is 2.68. The van der Waals surface area contributed by atoms with Crippen LogP contribution in [0.25, 0.3) is 0 Å². The predicted molar refractivity (Wildman–Crippen MR) is 78.3 cm³/mol. The van der Waals surface area contributed by atoms with Gasteiger partial charge in [0, 0.05) is 16.7 Å². The molecule has 0 spiro atoms. The molecule has 0 aliphatic carbocycles. The third-order valence-corrected chi connectivity index (χ3v) is 3.31. The van der Waals surface area contributed by atoms with Crippen LogP contribution < -0.4 is 5.32 Å². The number of nitrogens with one attached hydrogen (secondary N) is 1. The van der Waals surface area contributed by atoms with Crippen LogP contribution in [0.4, 0.5) is 11.4 Å². The lowest BCUT2D eigenvalue weighted by atomic mass is 10.1. The van der Waals surface area contributed by atoms with Crippen LogP contribution in [0.5, 0.6) is 0 Å². The minimum atomic E-state index is -0.432. The molecule has 1 N–H and O–H groups in total. The minimum absolute atomic E-state index is 0.000815. The van der Waals surface area contributed by atoms with E-state index in [2.05, 4.69) is 5.32 Å². The van der Waals surface area contributed by atoms with Crippen molar-refractivity contribution in [3.05, 3.63) is 56.5 Å². The van der Waals surface area contributed by atoms with E-state index >= 15 is 0 Å². The molecule has 1 atom stereocenters. The van der Waals surface area contributed by atoms with Gasteiger partial charge in [0.15, 0.2) is 0 Å². The molecule has 0 fully saturated rings. The van der Waals surface area contributed by atoms with Crippen molar-refractivity contribution in [2.24, 2.45) is 0 Å². The van der Waals surface area contributed by atoms with Crippen LogP contribution >= 0.6 is 11.6 Å². The van der Waals surface area contributed by atoms with Crippen LogP contribution in [0.2, 0.25) is 5.02 Å². The maximum Gasteiger partial charge on any atom is 0.292 e. The zero-order valence-corrected chi connectivity index (χ0v) is 12.2. The molecule has 5 nitrogen and oxygen atoms in total. The Morgan fingerprint density at radius 2 is 2.05 bits per heavy atom. The molecule has 0 amide bonds. The standard InChI is InChI=1S/C14H15ClN2O3/c1-8-6-12(10(3)20-8)9(2)16-13-7-11(15)4-5-14(13)17(18)19/h4-7,9,16H,1-3H3. The number of anilines is 1. The molecule has 1 aromatic carbocycles. The highest BCUT2D eigenvalue weighted by atomic mass is 35.5. The first kappa shape index (κ1) is 14.4. The van der Waals surface area contributed by atoms with Gasteiger partial charge in [-0.25, -0.2) is 0 Å². The van der Waals surface area contributed by atoms with Crippen LogP contribution in [-0.4, -0.2) is 4.92 Å².